The van der Waals surface area contributed by atoms with E-state index in [1.807, 2.05) is 25.1 Å². The molecule has 1 aromatic heterocycles. The Morgan fingerprint density at radius 1 is 1.16 bits per heavy atom. The molecule has 0 bridgehead atoms. The summed E-state index contributed by atoms with van der Waals surface area (Å²) in [6, 6.07) is 9.36. The zero-order valence-corrected chi connectivity index (χ0v) is 17.6. The van der Waals surface area contributed by atoms with Gasteiger partial charge in [-0.3, -0.25) is 9.69 Å². The number of para-hydroxylation sites is 1. The summed E-state index contributed by atoms with van der Waals surface area (Å²) < 4.78 is 19.9. The minimum absolute atomic E-state index is 0.0339. The molecule has 2 fully saturated rings. The van der Waals surface area contributed by atoms with Crippen LogP contribution >= 0.6 is 0 Å². The highest BCUT2D eigenvalue weighted by atomic mass is 19.1. The first kappa shape index (κ1) is 20.8. The van der Waals surface area contributed by atoms with Crippen LogP contribution in [0.4, 0.5) is 20.7 Å². The second kappa shape index (κ2) is 8.75. The van der Waals surface area contributed by atoms with Crippen LogP contribution in [0, 0.1) is 5.82 Å². The van der Waals surface area contributed by atoms with Gasteiger partial charge in [-0.15, -0.1) is 10.2 Å². The van der Waals surface area contributed by atoms with E-state index in [1.165, 1.54) is 15.9 Å². The van der Waals surface area contributed by atoms with Crippen molar-refractivity contribution in [2.24, 2.45) is 0 Å². The molecule has 3 amide bonds. The van der Waals surface area contributed by atoms with E-state index in [0.29, 0.717) is 38.5 Å². The summed E-state index contributed by atoms with van der Waals surface area (Å²) in [6.07, 6.45) is 0.505. The molecule has 9 nitrogen and oxygen atoms in total. The van der Waals surface area contributed by atoms with E-state index < -0.39 is 5.82 Å². The normalized spacial score (nSPS) is 18.6. The number of anilines is 2. The van der Waals surface area contributed by atoms with Crippen LogP contribution < -0.4 is 14.5 Å². The van der Waals surface area contributed by atoms with E-state index >= 15 is 0 Å². The molecule has 2 saturated heterocycles. The van der Waals surface area contributed by atoms with Gasteiger partial charge in [-0.25, -0.2) is 9.18 Å². The van der Waals surface area contributed by atoms with Crippen molar-refractivity contribution in [3.8, 4) is 5.88 Å². The standard InChI is InChI=1S/C21H25FN6O3/c1-25(2)18-7-8-19(24-23-18)31-15-9-10-26(13-15)20(29)14-27-11-12-28(21(27)30)17-6-4-3-5-16(17)22/h3-8,15H,9-14H2,1-2H3. The lowest BCUT2D eigenvalue weighted by atomic mass is 10.3. The fraction of sp³-hybridized carbons (Fsp3) is 0.429. The number of amides is 3. The molecule has 3 heterocycles. The van der Waals surface area contributed by atoms with Gasteiger partial charge in [0.1, 0.15) is 18.5 Å². The van der Waals surface area contributed by atoms with Crippen LogP contribution in [0.5, 0.6) is 5.88 Å². The third kappa shape index (κ3) is 4.52. The summed E-state index contributed by atoms with van der Waals surface area (Å²) >= 11 is 0. The number of urea groups is 1. The number of hydrogen-bond donors (Lipinski definition) is 0. The lowest BCUT2D eigenvalue weighted by molar-refractivity contribution is -0.130. The van der Waals surface area contributed by atoms with E-state index in [-0.39, 0.29) is 30.3 Å². The molecular weight excluding hydrogens is 403 g/mol. The van der Waals surface area contributed by atoms with Crippen molar-refractivity contribution in [1.29, 1.82) is 0 Å². The van der Waals surface area contributed by atoms with Crippen LogP contribution in [0.1, 0.15) is 6.42 Å². The predicted octanol–water partition coefficient (Wildman–Crippen LogP) is 1.60. The predicted molar refractivity (Wildman–Crippen MR) is 113 cm³/mol. The summed E-state index contributed by atoms with van der Waals surface area (Å²) in [6.45, 7) is 1.66. The fourth-order valence-electron chi connectivity index (χ4n) is 3.72. The summed E-state index contributed by atoms with van der Waals surface area (Å²) in [4.78, 5) is 31.7. The molecule has 1 unspecified atom stereocenters. The maximum absolute atomic E-state index is 14.0. The summed E-state index contributed by atoms with van der Waals surface area (Å²) in [5.74, 6) is 0.546. The van der Waals surface area contributed by atoms with E-state index in [9.17, 15) is 14.0 Å². The summed E-state index contributed by atoms with van der Waals surface area (Å²) in [5, 5.41) is 8.15. The third-order valence-electron chi connectivity index (χ3n) is 5.43. The monoisotopic (exact) mass is 428 g/mol. The Morgan fingerprint density at radius 2 is 1.97 bits per heavy atom. The number of halogens is 1. The minimum atomic E-state index is -0.453. The number of benzene rings is 1. The molecule has 0 saturated carbocycles. The van der Waals surface area contributed by atoms with E-state index in [1.54, 1.807) is 29.2 Å². The highest BCUT2D eigenvalue weighted by Crippen LogP contribution is 2.24. The Kier molecular flexibility index (Phi) is 5.88. The van der Waals surface area contributed by atoms with Crippen LogP contribution in [-0.2, 0) is 4.79 Å². The van der Waals surface area contributed by atoms with Crippen LogP contribution in [0.3, 0.4) is 0 Å². The van der Waals surface area contributed by atoms with Gasteiger partial charge in [0.2, 0.25) is 11.8 Å². The molecule has 0 spiro atoms. The highest BCUT2D eigenvalue weighted by molar-refractivity contribution is 5.96. The maximum atomic E-state index is 14.0. The molecule has 2 aromatic rings. The van der Waals surface area contributed by atoms with Crippen molar-refractivity contribution >= 4 is 23.4 Å². The summed E-state index contributed by atoms with van der Waals surface area (Å²) in [5.41, 5.74) is 0.235. The topological polar surface area (TPSA) is 82.1 Å². The Hall–Kier alpha value is -3.43. The molecule has 0 radical (unpaired) electrons. The van der Waals surface area contributed by atoms with Crippen LogP contribution in [0.25, 0.3) is 0 Å². The van der Waals surface area contributed by atoms with Gasteiger partial charge in [0.05, 0.1) is 12.2 Å². The Labute approximate surface area is 180 Å². The number of rotatable bonds is 6. The summed E-state index contributed by atoms with van der Waals surface area (Å²) in [7, 11) is 3.76. The van der Waals surface area contributed by atoms with Gasteiger partial charge in [-0.2, -0.15) is 0 Å². The van der Waals surface area contributed by atoms with Crippen molar-refractivity contribution in [2.45, 2.75) is 12.5 Å². The van der Waals surface area contributed by atoms with Crippen LogP contribution in [0.2, 0.25) is 0 Å². The fourth-order valence-corrected chi connectivity index (χ4v) is 3.72. The molecule has 4 rings (SSSR count). The molecule has 1 aromatic carbocycles. The molecule has 0 N–H and O–H groups in total. The molecular formula is C21H25FN6O3. The lowest BCUT2D eigenvalue weighted by Gasteiger charge is -2.22. The molecule has 2 aliphatic heterocycles. The van der Waals surface area contributed by atoms with E-state index in [0.717, 1.165) is 5.82 Å². The first-order chi connectivity index (χ1) is 14.9. The maximum Gasteiger partial charge on any atom is 0.325 e. The number of aromatic nitrogens is 2. The second-order valence-electron chi connectivity index (χ2n) is 7.80. The average molecular weight is 428 g/mol. The second-order valence-corrected chi connectivity index (χ2v) is 7.80. The van der Waals surface area contributed by atoms with Gasteiger partial charge in [-0.1, -0.05) is 12.1 Å². The molecule has 1 atom stereocenters. The first-order valence-electron chi connectivity index (χ1n) is 10.2. The SMILES string of the molecule is CN(C)c1ccc(OC2CCN(C(=O)CN3CCN(c4ccccc4F)C3=O)C2)nn1. The van der Waals surface area contributed by atoms with Crippen molar-refractivity contribution in [2.75, 3.05) is 56.6 Å². The van der Waals surface area contributed by atoms with Crippen molar-refractivity contribution < 1.29 is 18.7 Å². The molecule has 10 heteroatoms. The molecule has 2 aliphatic rings. The molecule has 31 heavy (non-hydrogen) atoms. The number of carbonyl (C=O) groups excluding carboxylic acids is 2. The largest absolute Gasteiger partial charge is 0.471 e. The van der Waals surface area contributed by atoms with Gasteiger partial charge in [0.25, 0.3) is 0 Å². The number of hydrogen-bond acceptors (Lipinski definition) is 6. The van der Waals surface area contributed by atoms with Gasteiger partial charge < -0.3 is 19.4 Å². The minimum Gasteiger partial charge on any atom is -0.471 e. The number of nitrogens with zero attached hydrogens (tertiary/aromatic N) is 6. The van der Waals surface area contributed by atoms with Gasteiger partial charge in [0.15, 0.2) is 5.82 Å². The highest BCUT2D eigenvalue weighted by Gasteiger charge is 2.35. The quantitative estimate of drug-likeness (QED) is 0.695. The smallest absolute Gasteiger partial charge is 0.325 e. The van der Waals surface area contributed by atoms with E-state index in [2.05, 4.69) is 10.2 Å². The Balaban J connectivity index is 1.30. The average Bonchev–Trinajstić information content (AvgIpc) is 3.36. The van der Waals surface area contributed by atoms with E-state index in [4.69, 9.17) is 4.74 Å². The zero-order valence-electron chi connectivity index (χ0n) is 17.6. The Morgan fingerprint density at radius 3 is 2.68 bits per heavy atom. The number of carbonyl (C=O) groups is 2. The van der Waals surface area contributed by atoms with Crippen molar-refractivity contribution in [1.82, 2.24) is 20.0 Å². The van der Waals surface area contributed by atoms with Gasteiger partial charge >= 0.3 is 6.03 Å². The third-order valence-corrected chi connectivity index (χ3v) is 5.43. The van der Waals surface area contributed by atoms with Crippen molar-refractivity contribution in [3.63, 3.8) is 0 Å². The molecule has 164 valence electrons. The van der Waals surface area contributed by atoms with Crippen LogP contribution in [0.15, 0.2) is 36.4 Å². The van der Waals surface area contributed by atoms with Crippen molar-refractivity contribution in [3.05, 3.63) is 42.2 Å². The van der Waals surface area contributed by atoms with Gasteiger partial charge in [0, 0.05) is 46.2 Å². The molecule has 0 aliphatic carbocycles. The van der Waals surface area contributed by atoms with Gasteiger partial charge in [-0.05, 0) is 18.2 Å². The Bertz CT molecular complexity index is 954. The van der Waals surface area contributed by atoms with Crippen LogP contribution in [-0.4, -0.2) is 84.9 Å². The zero-order chi connectivity index (χ0) is 22.0. The number of ether oxygens (including phenoxy) is 1. The lowest BCUT2D eigenvalue weighted by Crippen LogP contribution is -2.42. The first-order valence-corrected chi connectivity index (χ1v) is 10.2. The number of likely N-dealkylation sites (tertiary alicyclic amines) is 1.